The minimum Gasteiger partial charge on any atom is -0.497 e. The Hall–Kier alpha value is -3.32. The topological polar surface area (TPSA) is 60.9 Å². The van der Waals surface area contributed by atoms with Crippen LogP contribution in [-0.2, 0) is 11.3 Å². The summed E-state index contributed by atoms with van der Waals surface area (Å²) in [7, 11) is 4.85. The Balaban J connectivity index is 1.74. The van der Waals surface area contributed by atoms with Crippen LogP contribution < -0.4 is 14.2 Å². The third-order valence-electron chi connectivity index (χ3n) is 6.21. The van der Waals surface area contributed by atoms with E-state index in [2.05, 4.69) is 53.2 Å². The number of hydrogen-bond acceptors (Lipinski definition) is 5. The van der Waals surface area contributed by atoms with E-state index in [0.717, 1.165) is 33.3 Å². The summed E-state index contributed by atoms with van der Waals surface area (Å²) in [5.41, 5.74) is 4.90. The number of pyridine rings is 1. The first-order valence-electron chi connectivity index (χ1n) is 11.4. The second-order valence-electron chi connectivity index (χ2n) is 8.44. The van der Waals surface area contributed by atoms with Crippen molar-refractivity contribution in [1.82, 2.24) is 9.88 Å². The largest absolute Gasteiger partial charge is 0.497 e. The summed E-state index contributed by atoms with van der Waals surface area (Å²) in [4.78, 5) is 19.6. The number of carbonyl (C=O) groups excluding carboxylic acids is 1. The van der Waals surface area contributed by atoms with Gasteiger partial charge in [-0.3, -0.25) is 4.79 Å². The number of halogens is 1. The van der Waals surface area contributed by atoms with Crippen LogP contribution in [-0.4, -0.2) is 43.2 Å². The number of nitrogens with zero attached hydrogens (tertiary/aromatic N) is 2. The zero-order valence-corrected chi connectivity index (χ0v) is 22.0. The Labute approximate surface area is 214 Å². The first-order chi connectivity index (χ1) is 16.9. The minimum atomic E-state index is -0.0814. The van der Waals surface area contributed by atoms with Gasteiger partial charge in [0, 0.05) is 30.2 Å². The van der Waals surface area contributed by atoms with Crippen LogP contribution in [0.3, 0.4) is 0 Å². The Kier molecular flexibility index (Phi) is 7.76. The van der Waals surface area contributed by atoms with E-state index in [1.165, 1.54) is 5.56 Å². The lowest BCUT2D eigenvalue weighted by Gasteiger charge is -2.25. The molecule has 0 spiro atoms. The smallest absolute Gasteiger partial charge is 0.228 e. The summed E-state index contributed by atoms with van der Waals surface area (Å²) in [5.74, 6) is 2.05. The van der Waals surface area contributed by atoms with Crippen LogP contribution in [0.25, 0.3) is 5.57 Å². The molecule has 0 radical (unpaired) electrons. The highest BCUT2D eigenvalue weighted by Crippen LogP contribution is 2.33. The Morgan fingerprint density at radius 2 is 1.83 bits per heavy atom. The van der Waals surface area contributed by atoms with Gasteiger partial charge in [-0.15, -0.1) is 0 Å². The molecule has 1 aliphatic heterocycles. The van der Waals surface area contributed by atoms with Gasteiger partial charge < -0.3 is 19.1 Å². The standard InChI is InChI=1S/C28H29BrN2O4/c1-18-5-7-19(8-6-18)23(25-13-12-24(29)28(30-25)35-4)15-21-10-14-27(32)31(21)17-20-9-11-22(33-2)16-26(20)34-3/h5-9,11-13,15-16,21H,10,14,17H2,1-4H3/b23-15+/t21-/m1/s1. The molecule has 0 bridgehead atoms. The average molecular weight is 537 g/mol. The van der Waals surface area contributed by atoms with Crippen LogP contribution in [0.4, 0.5) is 0 Å². The number of amides is 1. The molecule has 3 aromatic rings. The summed E-state index contributed by atoms with van der Waals surface area (Å²) in [6, 6.07) is 17.8. The van der Waals surface area contributed by atoms with Crippen molar-refractivity contribution in [2.75, 3.05) is 21.3 Å². The predicted molar refractivity (Wildman–Crippen MR) is 140 cm³/mol. The van der Waals surface area contributed by atoms with Crippen LogP contribution in [0, 0.1) is 6.92 Å². The predicted octanol–water partition coefficient (Wildman–Crippen LogP) is 5.80. The normalized spacial score (nSPS) is 15.9. The van der Waals surface area contributed by atoms with Gasteiger partial charge in [-0.25, -0.2) is 4.98 Å². The van der Waals surface area contributed by atoms with Crippen LogP contribution in [0.15, 0.2) is 65.1 Å². The average Bonchev–Trinajstić information content (AvgIpc) is 3.22. The molecule has 1 aromatic heterocycles. The number of methoxy groups -OCH3 is 3. The molecule has 1 amide bonds. The zero-order valence-electron chi connectivity index (χ0n) is 20.4. The lowest BCUT2D eigenvalue weighted by atomic mass is 9.97. The molecule has 1 aliphatic rings. The molecule has 0 aliphatic carbocycles. The van der Waals surface area contributed by atoms with Gasteiger partial charge in [-0.2, -0.15) is 0 Å². The molecule has 1 atom stereocenters. The molecule has 182 valence electrons. The van der Waals surface area contributed by atoms with Gasteiger partial charge in [0.25, 0.3) is 0 Å². The van der Waals surface area contributed by atoms with E-state index in [0.29, 0.717) is 30.3 Å². The molecule has 1 fully saturated rings. The number of rotatable bonds is 8. The maximum atomic E-state index is 12.9. The van der Waals surface area contributed by atoms with E-state index in [9.17, 15) is 4.79 Å². The summed E-state index contributed by atoms with van der Waals surface area (Å²) < 4.78 is 17.1. The van der Waals surface area contributed by atoms with E-state index >= 15 is 0 Å². The van der Waals surface area contributed by atoms with Crippen molar-refractivity contribution in [2.45, 2.75) is 32.4 Å². The third-order valence-corrected chi connectivity index (χ3v) is 6.82. The van der Waals surface area contributed by atoms with Crippen molar-refractivity contribution in [1.29, 1.82) is 0 Å². The molecule has 0 N–H and O–H groups in total. The Morgan fingerprint density at radius 3 is 2.51 bits per heavy atom. The fraction of sp³-hybridized carbons (Fsp3) is 0.286. The zero-order chi connectivity index (χ0) is 24.9. The number of carbonyl (C=O) groups is 1. The van der Waals surface area contributed by atoms with Crippen LogP contribution >= 0.6 is 15.9 Å². The van der Waals surface area contributed by atoms with E-state index < -0.39 is 0 Å². The Bertz CT molecular complexity index is 1240. The van der Waals surface area contributed by atoms with Gasteiger partial charge in [0.15, 0.2) is 0 Å². The highest BCUT2D eigenvalue weighted by atomic mass is 79.9. The van der Waals surface area contributed by atoms with Gasteiger partial charge in [0.1, 0.15) is 11.5 Å². The van der Waals surface area contributed by atoms with Crippen molar-refractivity contribution in [3.8, 4) is 17.4 Å². The quantitative estimate of drug-likeness (QED) is 0.364. The minimum absolute atomic E-state index is 0.0814. The second-order valence-corrected chi connectivity index (χ2v) is 9.29. The highest BCUT2D eigenvalue weighted by Gasteiger charge is 2.31. The second kappa shape index (κ2) is 11.0. The molecular formula is C28H29BrN2O4. The molecule has 35 heavy (non-hydrogen) atoms. The Morgan fingerprint density at radius 1 is 1.06 bits per heavy atom. The van der Waals surface area contributed by atoms with Gasteiger partial charge in [0.2, 0.25) is 11.8 Å². The number of aromatic nitrogens is 1. The van der Waals surface area contributed by atoms with Crippen molar-refractivity contribution in [2.24, 2.45) is 0 Å². The first-order valence-corrected chi connectivity index (χ1v) is 12.2. The van der Waals surface area contributed by atoms with Crippen molar-refractivity contribution in [3.63, 3.8) is 0 Å². The van der Waals surface area contributed by atoms with Gasteiger partial charge >= 0.3 is 0 Å². The van der Waals surface area contributed by atoms with Gasteiger partial charge in [-0.05, 0) is 59.1 Å². The number of aryl methyl sites for hydroxylation is 1. The van der Waals surface area contributed by atoms with Gasteiger partial charge in [0.05, 0.1) is 37.5 Å². The van der Waals surface area contributed by atoms with Crippen LogP contribution in [0.2, 0.25) is 0 Å². The third kappa shape index (κ3) is 5.51. The molecule has 1 saturated heterocycles. The maximum absolute atomic E-state index is 12.9. The summed E-state index contributed by atoms with van der Waals surface area (Å²) in [6.07, 6.45) is 3.39. The first kappa shape index (κ1) is 24.8. The van der Waals surface area contributed by atoms with E-state index in [1.54, 1.807) is 21.3 Å². The highest BCUT2D eigenvalue weighted by molar-refractivity contribution is 9.10. The van der Waals surface area contributed by atoms with Crippen molar-refractivity contribution < 1.29 is 19.0 Å². The molecule has 2 aromatic carbocycles. The summed E-state index contributed by atoms with van der Waals surface area (Å²) >= 11 is 3.49. The van der Waals surface area contributed by atoms with Crippen LogP contribution in [0.5, 0.6) is 17.4 Å². The van der Waals surface area contributed by atoms with Crippen molar-refractivity contribution >= 4 is 27.4 Å². The van der Waals surface area contributed by atoms with Crippen LogP contribution in [0.1, 0.15) is 35.2 Å². The van der Waals surface area contributed by atoms with E-state index in [1.807, 2.05) is 35.2 Å². The number of benzene rings is 2. The maximum Gasteiger partial charge on any atom is 0.228 e. The van der Waals surface area contributed by atoms with E-state index in [-0.39, 0.29) is 11.9 Å². The molecular weight excluding hydrogens is 508 g/mol. The fourth-order valence-corrected chi connectivity index (χ4v) is 4.65. The summed E-state index contributed by atoms with van der Waals surface area (Å²) in [5, 5.41) is 0. The van der Waals surface area contributed by atoms with Crippen molar-refractivity contribution in [3.05, 3.63) is 87.5 Å². The lowest BCUT2D eigenvalue weighted by Crippen LogP contribution is -2.31. The number of hydrogen-bond donors (Lipinski definition) is 0. The molecule has 7 heteroatoms. The molecule has 0 saturated carbocycles. The molecule has 0 unspecified atom stereocenters. The fourth-order valence-electron chi connectivity index (χ4n) is 4.27. The van der Waals surface area contributed by atoms with Gasteiger partial charge in [-0.1, -0.05) is 35.9 Å². The molecule has 6 nitrogen and oxygen atoms in total. The van der Waals surface area contributed by atoms with E-state index in [4.69, 9.17) is 19.2 Å². The summed E-state index contributed by atoms with van der Waals surface area (Å²) in [6.45, 7) is 2.51. The number of likely N-dealkylation sites (tertiary alicyclic amines) is 1. The SMILES string of the molecule is COc1ccc(CN2C(=O)CC[C@@H]2/C=C(\c2ccc(C)cc2)c2ccc(Br)c(OC)n2)c(OC)c1. The molecule has 4 rings (SSSR count). The monoisotopic (exact) mass is 536 g/mol. The number of ether oxygens (including phenoxy) is 3. The molecule has 2 heterocycles. The lowest BCUT2D eigenvalue weighted by molar-refractivity contribution is -0.129.